The first-order chi connectivity index (χ1) is 6.79. The third-order valence-corrected chi connectivity index (χ3v) is 3.19. The minimum atomic E-state index is -0.0239. The molecule has 0 heterocycles. The maximum absolute atomic E-state index is 11.5. The molecule has 0 N–H and O–H groups in total. The Labute approximate surface area is 84.1 Å². The summed E-state index contributed by atoms with van der Waals surface area (Å²) in [5.74, 6) is 1.07. The lowest BCUT2D eigenvalue weighted by molar-refractivity contribution is -0.145. The van der Waals surface area contributed by atoms with Gasteiger partial charge in [-0.1, -0.05) is 0 Å². The number of carbonyl (C=O) groups is 1. The van der Waals surface area contributed by atoms with Crippen molar-refractivity contribution in [2.75, 3.05) is 13.7 Å². The fourth-order valence-corrected chi connectivity index (χ4v) is 2.59. The van der Waals surface area contributed by atoms with Gasteiger partial charge in [0.2, 0.25) is 0 Å². The molecular weight excluding hydrogens is 180 g/mol. The van der Waals surface area contributed by atoms with Gasteiger partial charge in [-0.05, 0) is 31.3 Å². The second-order valence-corrected chi connectivity index (χ2v) is 3.93. The summed E-state index contributed by atoms with van der Waals surface area (Å²) in [5.41, 5.74) is 1.29. The zero-order valence-corrected chi connectivity index (χ0v) is 8.66. The number of fused-ring (bicyclic) bond motifs is 1. The number of hydrogen-bond donors (Lipinski definition) is 0. The van der Waals surface area contributed by atoms with Crippen LogP contribution >= 0.6 is 0 Å². The molecule has 2 fully saturated rings. The highest BCUT2D eigenvalue weighted by molar-refractivity contribution is 5.78. The van der Waals surface area contributed by atoms with Crippen molar-refractivity contribution in [2.45, 2.75) is 19.8 Å². The Kier molecular flexibility index (Phi) is 2.48. The fraction of sp³-hybridized carbons (Fsp3) is 0.727. The van der Waals surface area contributed by atoms with Crippen molar-refractivity contribution in [3.63, 3.8) is 0 Å². The standard InChI is InChI=1S/C11H16O3/c1-3-14-11(12)10-8-5-4-7(6-13-2)9(8)10/h6,8-10H,3-5H2,1-2H3/b7-6+/t8-,9+,10-/m1/s1. The number of hydrogen-bond acceptors (Lipinski definition) is 3. The third kappa shape index (κ3) is 1.41. The van der Waals surface area contributed by atoms with Gasteiger partial charge in [0.25, 0.3) is 0 Å². The van der Waals surface area contributed by atoms with E-state index in [-0.39, 0.29) is 11.9 Å². The van der Waals surface area contributed by atoms with Crippen molar-refractivity contribution < 1.29 is 14.3 Å². The van der Waals surface area contributed by atoms with Gasteiger partial charge >= 0.3 is 5.97 Å². The van der Waals surface area contributed by atoms with E-state index in [4.69, 9.17) is 9.47 Å². The molecule has 14 heavy (non-hydrogen) atoms. The Hall–Kier alpha value is -0.990. The van der Waals surface area contributed by atoms with Gasteiger partial charge in [-0.25, -0.2) is 0 Å². The van der Waals surface area contributed by atoms with E-state index in [1.807, 2.05) is 6.92 Å². The molecule has 0 saturated heterocycles. The number of methoxy groups -OCH3 is 1. The molecule has 2 rings (SSSR count). The van der Waals surface area contributed by atoms with Gasteiger partial charge in [-0.3, -0.25) is 4.79 Å². The van der Waals surface area contributed by atoms with Gasteiger partial charge in [0, 0.05) is 5.92 Å². The molecule has 0 spiro atoms. The Morgan fingerprint density at radius 2 is 2.43 bits per heavy atom. The highest BCUT2D eigenvalue weighted by Gasteiger charge is 2.60. The Balaban J connectivity index is 1.96. The normalized spacial score (nSPS) is 36.7. The first-order valence-electron chi connectivity index (χ1n) is 5.18. The first kappa shape index (κ1) is 9.56. The fourth-order valence-electron chi connectivity index (χ4n) is 2.59. The third-order valence-electron chi connectivity index (χ3n) is 3.19. The van der Waals surface area contributed by atoms with Crippen LogP contribution in [0, 0.1) is 17.8 Å². The van der Waals surface area contributed by atoms with Gasteiger partial charge in [-0.2, -0.15) is 0 Å². The molecule has 3 nitrogen and oxygen atoms in total. The summed E-state index contributed by atoms with van der Waals surface area (Å²) < 4.78 is 10.0. The van der Waals surface area contributed by atoms with Gasteiger partial charge in [-0.15, -0.1) is 0 Å². The Morgan fingerprint density at radius 3 is 3.07 bits per heavy atom. The topological polar surface area (TPSA) is 35.5 Å². The highest BCUT2D eigenvalue weighted by atomic mass is 16.5. The van der Waals surface area contributed by atoms with Crippen LogP contribution < -0.4 is 0 Å². The SMILES string of the molecule is CCOC(=O)[C@@H]1[C@@H]2CC/C(=C\OC)[C@@H]21. The van der Waals surface area contributed by atoms with Crippen molar-refractivity contribution >= 4 is 5.97 Å². The lowest BCUT2D eigenvalue weighted by Gasteiger charge is -2.05. The van der Waals surface area contributed by atoms with E-state index >= 15 is 0 Å². The van der Waals surface area contributed by atoms with Gasteiger partial charge < -0.3 is 9.47 Å². The van der Waals surface area contributed by atoms with E-state index in [0.29, 0.717) is 18.4 Å². The minimum absolute atomic E-state index is 0.0239. The van der Waals surface area contributed by atoms with E-state index < -0.39 is 0 Å². The average Bonchev–Trinajstić information content (AvgIpc) is 2.76. The molecule has 3 heteroatoms. The van der Waals surface area contributed by atoms with Crippen LogP contribution in [0.1, 0.15) is 19.8 Å². The molecule has 0 unspecified atom stereocenters. The van der Waals surface area contributed by atoms with Crippen molar-refractivity contribution in [3.05, 3.63) is 11.8 Å². The molecule has 0 bridgehead atoms. The smallest absolute Gasteiger partial charge is 0.309 e. The minimum Gasteiger partial charge on any atom is -0.504 e. The van der Waals surface area contributed by atoms with Crippen LogP contribution in [-0.2, 0) is 14.3 Å². The van der Waals surface area contributed by atoms with Crippen LogP contribution in [0.2, 0.25) is 0 Å². The molecule has 0 radical (unpaired) electrons. The molecular formula is C11H16O3. The second-order valence-electron chi connectivity index (χ2n) is 3.93. The van der Waals surface area contributed by atoms with E-state index in [2.05, 4.69) is 0 Å². The predicted octanol–water partition coefficient (Wildman–Crippen LogP) is 1.74. The van der Waals surface area contributed by atoms with Crippen molar-refractivity contribution in [3.8, 4) is 0 Å². The summed E-state index contributed by atoms with van der Waals surface area (Å²) in [5, 5.41) is 0. The summed E-state index contributed by atoms with van der Waals surface area (Å²) in [6, 6.07) is 0. The maximum atomic E-state index is 11.5. The van der Waals surface area contributed by atoms with Crippen molar-refractivity contribution in [1.29, 1.82) is 0 Å². The van der Waals surface area contributed by atoms with Crippen molar-refractivity contribution in [1.82, 2.24) is 0 Å². The van der Waals surface area contributed by atoms with Crippen LogP contribution in [0.4, 0.5) is 0 Å². The van der Waals surface area contributed by atoms with E-state index in [1.165, 1.54) is 5.57 Å². The Bertz CT molecular complexity index is 270. The zero-order chi connectivity index (χ0) is 10.1. The van der Waals surface area contributed by atoms with Crippen LogP contribution in [0.5, 0.6) is 0 Å². The molecule has 0 amide bonds. The molecule has 0 aliphatic heterocycles. The lowest BCUT2D eigenvalue weighted by atomic mass is 10.1. The van der Waals surface area contributed by atoms with Gasteiger partial charge in [0.15, 0.2) is 0 Å². The summed E-state index contributed by atoms with van der Waals surface area (Å²) in [6.07, 6.45) is 3.99. The zero-order valence-electron chi connectivity index (χ0n) is 8.66. The quantitative estimate of drug-likeness (QED) is 0.509. The van der Waals surface area contributed by atoms with Gasteiger partial charge in [0.1, 0.15) is 0 Å². The molecule has 0 aromatic heterocycles. The molecule has 3 atom stereocenters. The number of esters is 1. The number of ether oxygens (including phenoxy) is 2. The summed E-state index contributed by atoms with van der Waals surface area (Å²) in [6.45, 7) is 2.33. The largest absolute Gasteiger partial charge is 0.504 e. The van der Waals surface area contributed by atoms with E-state index in [1.54, 1.807) is 13.4 Å². The van der Waals surface area contributed by atoms with E-state index in [0.717, 1.165) is 12.8 Å². The summed E-state index contributed by atoms with van der Waals surface area (Å²) in [4.78, 5) is 11.5. The molecule has 0 aromatic carbocycles. The molecule has 2 aliphatic carbocycles. The van der Waals surface area contributed by atoms with Crippen LogP contribution in [0.3, 0.4) is 0 Å². The number of carbonyl (C=O) groups excluding carboxylic acids is 1. The Morgan fingerprint density at radius 1 is 1.64 bits per heavy atom. The first-order valence-corrected chi connectivity index (χ1v) is 5.18. The monoisotopic (exact) mass is 196 g/mol. The predicted molar refractivity (Wildman–Crippen MR) is 51.4 cm³/mol. The van der Waals surface area contributed by atoms with E-state index in [9.17, 15) is 4.79 Å². The highest BCUT2D eigenvalue weighted by Crippen LogP contribution is 2.60. The van der Waals surface area contributed by atoms with Crippen LogP contribution in [-0.4, -0.2) is 19.7 Å². The summed E-state index contributed by atoms with van der Waals surface area (Å²) in [7, 11) is 1.65. The second kappa shape index (κ2) is 3.64. The molecule has 0 aromatic rings. The molecule has 2 saturated carbocycles. The van der Waals surface area contributed by atoms with Crippen molar-refractivity contribution in [2.24, 2.45) is 17.8 Å². The number of rotatable bonds is 3. The maximum Gasteiger partial charge on any atom is 0.309 e. The number of allylic oxidation sites excluding steroid dienone is 1. The lowest BCUT2D eigenvalue weighted by Crippen LogP contribution is -2.10. The summed E-state index contributed by atoms with van der Waals surface area (Å²) >= 11 is 0. The molecule has 2 aliphatic rings. The molecule has 78 valence electrons. The average molecular weight is 196 g/mol. The van der Waals surface area contributed by atoms with Gasteiger partial charge in [0.05, 0.1) is 25.9 Å². The van der Waals surface area contributed by atoms with Crippen LogP contribution in [0.25, 0.3) is 0 Å². The van der Waals surface area contributed by atoms with Crippen LogP contribution in [0.15, 0.2) is 11.8 Å².